The monoisotopic (exact) mass is 667 g/mol. The van der Waals surface area contributed by atoms with Gasteiger partial charge in [0, 0.05) is 51.3 Å². The van der Waals surface area contributed by atoms with Crippen molar-refractivity contribution >= 4 is 33.5 Å². The van der Waals surface area contributed by atoms with Crippen LogP contribution in [0.2, 0.25) is 0 Å². The molecule has 0 amide bonds. The Labute approximate surface area is 302 Å². The molecule has 10 rings (SSSR count). The maximum absolute atomic E-state index is 5.11. The molecule has 52 heavy (non-hydrogen) atoms. The summed E-state index contributed by atoms with van der Waals surface area (Å²) in [6.07, 6.45) is 11.7. The van der Waals surface area contributed by atoms with E-state index in [4.69, 9.17) is 9.97 Å². The summed E-state index contributed by atoms with van der Waals surface area (Å²) in [6.45, 7) is 0. The van der Waals surface area contributed by atoms with Gasteiger partial charge in [0.05, 0.1) is 40.0 Å². The molecule has 0 bridgehead atoms. The predicted molar refractivity (Wildman–Crippen MR) is 213 cm³/mol. The van der Waals surface area contributed by atoms with Gasteiger partial charge in [0.1, 0.15) is 0 Å². The fourth-order valence-electron chi connectivity index (χ4n) is 7.83. The molecule has 3 aromatic heterocycles. The summed E-state index contributed by atoms with van der Waals surface area (Å²) < 4.78 is 2.53. The number of aromatic nitrogens is 4. The quantitative estimate of drug-likeness (QED) is 0.183. The van der Waals surface area contributed by atoms with E-state index in [2.05, 4.69) is 160 Å². The Hall–Kier alpha value is -6.85. The van der Waals surface area contributed by atoms with Crippen LogP contribution < -0.4 is 4.90 Å². The summed E-state index contributed by atoms with van der Waals surface area (Å²) in [5.74, 6) is 0.723. The second-order valence-electron chi connectivity index (χ2n) is 13.2. The summed E-state index contributed by atoms with van der Waals surface area (Å²) in [7, 11) is 0. The predicted octanol–water partition coefficient (Wildman–Crippen LogP) is 11.9. The number of rotatable bonds is 5. The topological polar surface area (TPSA) is 46.8 Å². The number of pyridine rings is 1. The SMILES string of the molecule is C1=CC(n2c3c(c4cnccc42)-c2ccccc2N(c2ccccc2)c2ccccc2-3)CC=C1c1cc(-c2ccccc2)nc(-c2ccccc2)n1. The van der Waals surface area contributed by atoms with Crippen LogP contribution in [0, 0.1) is 0 Å². The highest BCUT2D eigenvalue weighted by atomic mass is 15.2. The largest absolute Gasteiger partial charge is 0.332 e. The molecule has 4 heterocycles. The second kappa shape index (κ2) is 12.5. The highest BCUT2D eigenvalue weighted by Gasteiger charge is 2.32. The van der Waals surface area contributed by atoms with Crippen molar-refractivity contribution in [3.8, 4) is 45.0 Å². The van der Waals surface area contributed by atoms with Gasteiger partial charge in [-0.1, -0.05) is 133 Å². The van der Waals surface area contributed by atoms with Crippen LogP contribution in [-0.4, -0.2) is 19.5 Å². The molecular weight excluding hydrogens is 635 g/mol. The zero-order valence-corrected chi connectivity index (χ0v) is 28.3. The van der Waals surface area contributed by atoms with Gasteiger partial charge < -0.3 is 9.47 Å². The molecular formula is C47H33N5. The van der Waals surface area contributed by atoms with Crippen LogP contribution in [0.4, 0.5) is 17.1 Å². The molecule has 8 aromatic rings. The van der Waals surface area contributed by atoms with Crippen LogP contribution in [0.15, 0.2) is 182 Å². The molecule has 5 aromatic carbocycles. The number of allylic oxidation sites excluding steroid dienone is 4. The van der Waals surface area contributed by atoms with Gasteiger partial charge in [-0.3, -0.25) is 4.98 Å². The zero-order valence-electron chi connectivity index (χ0n) is 28.3. The zero-order chi connectivity index (χ0) is 34.4. The maximum Gasteiger partial charge on any atom is 0.160 e. The van der Waals surface area contributed by atoms with E-state index in [1.807, 2.05) is 36.7 Å². The standard InChI is InChI=1S/C47H33N5/c1-4-14-32(15-5-1)40-30-41(50-47(49-40)34-16-6-2-7-17-34)33-24-26-36(27-25-33)52-44-28-29-48-31-39(44)45-37-20-10-12-22-42(37)51(35-18-8-3-9-19-35)43-23-13-11-21-38(43)46(45)52/h1-26,28-31,36H,27H2. The minimum Gasteiger partial charge on any atom is -0.332 e. The van der Waals surface area contributed by atoms with Gasteiger partial charge in [-0.2, -0.15) is 0 Å². The fourth-order valence-corrected chi connectivity index (χ4v) is 7.83. The maximum atomic E-state index is 5.11. The molecule has 0 saturated heterocycles. The third-order valence-corrected chi connectivity index (χ3v) is 10.2. The van der Waals surface area contributed by atoms with Gasteiger partial charge in [-0.15, -0.1) is 0 Å². The molecule has 0 spiro atoms. The van der Waals surface area contributed by atoms with Crippen molar-refractivity contribution in [1.29, 1.82) is 0 Å². The Bertz CT molecular complexity index is 2600. The fraction of sp³-hybridized carbons (Fsp3) is 0.0426. The van der Waals surface area contributed by atoms with Crippen LogP contribution in [0.25, 0.3) is 61.5 Å². The molecule has 246 valence electrons. The van der Waals surface area contributed by atoms with Crippen LogP contribution in [-0.2, 0) is 0 Å². The van der Waals surface area contributed by atoms with E-state index in [1.165, 1.54) is 27.9 Å². The van der Waals surface area contributed by atoms with Crippen molar-refractivity contribution in [2.45, 2.75) is 12.5 Å². The number of para-hydroxylation sites is 3. The van der Waals surface area contributed by atoms with E-state index < -0.39 is 0 Å². The average Bonchev–Trinajstić information content (AvgIpc) is 3.51. The summed E-state index contributed by atoms with van der Waals surface area (Å²) >= 11 is 0. The first-order valence-corrected chi connectivity index (χ1v) is 17.7. The summed E-state index contributed by atoms with van der Waals surface area (Å²) in [5, 5.41) is 1.15. The molecule has 5 nitrogen and oxygen atoms in total. The number of hydrogen-bond donors (Lipinski definition) is 0. The number of hydrogen-bond acceptors (Lipinski definition) is 4. The summed E-state index contributed by atoms with van der Waals surface area (Å²) in [5.41, 5.74) is 14.4. The Morgan fingerprint density at radius 2 is 1.23 bits per heavy atom. The molecule has 0 saturated carbocycles. The van der Waals surface area contributed by atoms with Crippen molar-refractivity contribution in [3.05, 3.63) is 188 Å². The van der Waals surface area contributed by atoms with Crippen molar-refractivity contribution in [1.82, 2.24) is 19.5 Å². The van der Waals surface area contributed by atoms with Crippen molar-refractivity contribution < 1.29 is 0 Å². The molecule has 0 radical (unpaired) electrons. The first kappa shape index (κ1) is 30.0. The van der Waals surface area contributed by atoms with Gasteiger partial charge >= 0.3 is 0 Å². The number of fused-ring (bicyclic) bond motifs is 7. The van der Waals surface area contributed by atoms with Gasteiger partial charge in [0.25, 0.3) is 0 Å². The van der Waals surface area contributed by atoms with Crippen LogP contribution in [0.3, 0.4) is 0 Å². The lowest BCUT2D eigenvalue weighted by molar-refractivity contribution is 0.636. The molecule has 5 heteroatoms. The average molecular weight is 668 g/mol. The molecule has 1 atom stereocenters. The first-order valence-electron chi connectivity index (χ1n) is 17.7. The van der Waals surface area contributed by atoms with Crippen LogP contribution in [0.1, 0.15) is 18.2 Å². The lowest BCUT2D eigenvalue weighted by atomic mass is 9.97. The number of benzene rings is 5. The van der Waals surface area contributed by atoms with E-state index in [-0.39, 0.29) is 6.04 Å². The van der Waals surface area contributed by atoms with E-state index in [1.54, 1.807) is 0 Å². The Morgan fingerprint density at radius 1 is 0.596 bits per heavy atom. The van der Waals surface area contributed by atoms with Crippen molar-refractivity contribution in [2.24, 2.45) is 0 Å². The van der Waals surface area contributed by atoms with Gasteiger partial charge in [0.2, 0.25) is 0 Å². The smallest absolute Gasteiger partial charge is 0.160 e. The summed E-state index contributed by atoms with van der Waals surface area (Å²) in [6, 6.07) is 53.2. The molecule has 1 aliphatic heterocycles. The van der Waals surface area contributed by atoms with Crippen LogP contribution >= 0.6 is 0 Å². The van der Waals surface area contributed by atoms with Gasteiger partial charge in [-0.25, -0.2) is 9.97 Å². The van der Waals surface area contributed by atoms with E-state index in [0.717, 1.165) is 62.8 Å². The third kappa shape index (κ3) is 4.97. The van der Waals surface area contributed by atoms with Gasteiger partial charge in [0.15, 0.2) is 5.82 Å². The van der Waals surface area contributed by atoms with E-state index in [0.29, 0.717) is 0 Å². The lowest BCUT2D eigenvalue weighted by Crippen LogP contribution is -2.12. The Balaban J connectivity index is 1.13. The number of nitrogens with zero attached hydrogens (tertiary/aromatic N) is 5. The second-order valence-corrected chi connectivity index (χ2v) is 13.2. The Morgan fingerprint density at radius 3 is 1.96 bits per heavy atom. The third-order valence-electron chi connectivity index (χ3n) is 10.2. The highest BCUT2D eigenvalue weighted by molar-refractivity contribution is 6.12. The highest BCUT2D eigenvalue weighted by Crippen LogP contribution is 2.54. The van der Waals surface area contributed by atoms with Crippen LogP contribution in [0.5, 0.6) is 0 Å². The first-order chi connectivity index (χ1) is 25.8. The van der Waals surface area contributed by atoms with Crippen molar-refractivity contribution in [3.63, 3.8) is 0 Å². The molecule has 2 aliphatic rings. The normalized spacial score (nSPS) is 14.7. The lowest BCUT2D eigenvalue weighted by Gasteiger charge is -2.28. The molecule has 0 fully saturated rings. The molecule has 1 unspecified atom stereocenters. The Kier molecular flexibility index (Phi) is 7.21. The molecule has 0 N–H and O–H groups in total. The van der Waals surface area contributed by atoms with E-state index in [9.17, 15) is 0 Å². The molecule has 1 aliphatic carbocycles. The van der Waals surface area contributed by atoms with Gasteiger partial charge in [-0.05, 0) is 48.4 Å². The number of anilines is 3. The van der Waals surface area contributed by atoms with E-state index >= 15 is 0 Å². The summed E-state index contributed by atoms with van der Waals surface area (Å²) in [4.78, 5) is 17.2. The minimum absolute atomic E-state index is 0.0740. The van der Waals surface area contributed by atoms with Crippen molar-refractivity contribution in [2.75, 3.05) is 4.90 Å². The minimum atomic E-state index is 0.0740.